The van der Waals surface area contributed by atoms with E-state index in [1.54, 1.807) is 4.90 Å². The van der Waals surface area contributed by atoms with Gasteiger partial charge in [-0.25, -0.2) is 9.59 Å². The molecule has 0 aromatic rings. The highest BCUT2D eigenvalue weighted by molar-refractivity contribution is 5.81. The Hall–Kier alpha value is -1.26. The molecule has 5 heteroatoms. The van der Waals surface area contributed by atoms with Gasteiger partial charge in [-0.2, -0.15) is 0 Å². The Balaban J connectivity index is 3.02. The summed E-state index contributed by atoms with van der Waals surface area (Å²) in [6.07, 6.45) is 4.96. The molecule has 0 aromatic heterocycles. The minimum absolute atomic E-state index is 0.0523. The predicted octanol–water partition coefficient (Wildman–Crippen LogP) is 3.51. The fraction of sp³-hybridized carbons (Fsp3) is 0.875. The molecule has 1 saturated heterocycles. The molecule has 1 heterocycles. The lowest BCUT2D eigenvalue weighted by molar-refractivity contribution is -0.147. The highest BCUT2D eigenvalue weighted by atomic mass is 16.6. The van der Waals surface area contributed by atoms with E-state index in [0.29, 0.717) is 6.42 Å². The smallest absolute Gasteiger partial charge is 0.411 e. The number of methoxy groups -OCH3 is 1. The van der Waals surface area contributed by atoms with Crippen LogP contribution in [0.15, 0.2) is 0 Å². The van der Waals surface area contributed by atoms with E-state index in [1.165, 1.54) is 7.11 Å². The maximum Gasteiger partial charge on any atom is 0.411 e. The molecule has 122 valence electrons. The Bertz CT molecular complexity index is 362. The molecule has 21 heavy (non-hydrogen) atoms. The van der Waals surface area contributed by atoms with Crippen LogP contribution in [0.5, 0.6) is 0 Å². The van der Waals surface area contributed by atoms with Crippen molar-refractivity contribution in [3.63, 3.8) is 0 Å². The van der Waals surface area contributed by atoms with Crippen molar-refractivity contribution in [2.45, 2.75) is 83.9 Å². The van der Waals surface area contributed by atoms with Crippen LogP contribution in [-0.4, -0.2) is 41.8 Å². The van der Waals surface area contributed by atoms with Crippen LogP contribution in [-0.2, 0) is 14.3 Å². The van der Waals surface area contributed by atoms with Crippen LogP contribution in [0, 0.1) is 0 Å². The number of esters is 1. The lowest BCUT2D eigenvalue weighted by Crippen LogP contribution is -2.51. The van der Waals surface area contributed by atoms with E-state index in [1.807, 2.05) is 20.8 Å². The summed E-state index contributed by atoms with van der Waals surface area (Å²) in [5.41, 5.74) is -0.569. The number of rotatable bonds is 3. The molecule has 5 nitrogen and oxygen atoms in total. The lowest BCUT2D eigenvalue weighted by Gasteiger charge is -2.36. The number of hydrogen-bond acceptors (Lipinski definition) is 4. The highest BCUT2D eigenvalue weighted by Gasteiger charge is 2.39. The van der Waals surface area contributed by atoms with Gasteiger partial charge in [0, 0.05) is 6.04 Å². The number of ether oxygens (including phenoxy) is 2. The summed E-state index contributed by atoms with van der Waals surface area (Å²) < 4.78 is 10.4. The van der Waals surface area contributed by atoms with Crippen molar-refractivity contribution in [1.29, 1.82) is 0 Å². The van der Waals surface area contributed by atoms with Crippen LogP contribution in [0.1, 0.15) is 66.2 Å². The Morgan fingerprint density at radius 3 is 2.33 bits per heavy atom. The van der Waals surface area contributed by atoms with Gasteiger partial charge in [-0.1, -0.05) is 26.2 Å². The maximum atomic E-state index is 12.6. The molecule has 1 aliphatic rings. The average Bonchev–Trinajstić information content (AvgIpc) is 2.58. The van der Waals surface area contributed by atoms with Gasteiger partial charge in [0.2, 0.25) is 0 Å². The molecule has 0 aromatic carbocycles. The monoisotopic (exact) mass is 299 g/mol. The molecule has 0 saturated carbocycles. The van der Waals surface area contributed by atoms with Crippen LogP contribution in [0.3, 0.4) is 0 Å². The summed E-state index contributed by atoms with van der Waals surface area (Å²) >= 11 is 0. The molecular weight excluding hydrogens is 270 g/mol. The van der Waals surface area contributed by atoms with Crippen molar-refractivity contribution < 1.29 is 19.1 Å². The molecule has 0 radical (unpaired) electrons. The second-order valence-electron chi connectivity index (χ2n) is 6.65. The molecule has 1 fully saturated rings. The molecule has 1 rings (SSSR count). The summed E-state index contributed by atoms with van der Waals surface area (Å²) in [5, 5.41) is 0. The molecule has 0 aliphatic carbocycles. The molecule has 1 aliphatic heterocycles. The van der Waals surface area contributed by atoms with Crippen LogP contribution in [0.2, 0.25) is 0 Å². The van der Waals surface area contributed by atoms with E-state index in [2.05, 4.69) is 6.92 Å². The summed E-state index contributed by atoms with van der Waals surface area (Å²) in [6.45, 7) is 7.60. The molecule has 2 atom stereocenters. The van der Waals surface area contributed by atoms with Crippen LogP contribution >= 0.6 is 0 Å². The average molecular weight is 299 g/mol. The number of hydrogen-bond donors (Lipinski definition) is 0. The Kier molecular flexibility index (Phi) is 6.49. The van der Waals surface area contributed by atoms with Crippen molar-refractivity contribution >= 4 is 12.1 Å². The zero-order valence-corrected chi connectivity index (χ0v) is 14.0. The summed E-state index contributed by atoms with van der Waals surface area (Å²) in [6, 6.07) is -0.472. The fourth-order valence-electron chi connectivity index (χ4n) is 2.83. The van der Waals surface area contributed by atoms with E-state index in [-0.39, 0.29) is 12.0 Å². The Morgan fingerprint density at radius 2 is 1.81 bits per heavy atom. The molecule has 1 amide bonds. The number of carbonyl (C=O) groups excluding carboxylic acids is 2. The first kappa shape index (κ1) is 17.8. The van der Waals surface area contributed by atoms with Crippen molar-refractivity contribution in [1.82, 2.24) is 4.90 Å². The van der Waals surface area contributed by atoms with Crippen LogP contribution in [0.4, 0.5) is 4.79 Å². The standard InChI is InChI=1S/C16H29NO4/c1-6-9-12-10-7-8-11-13(14(18)20-5)17(12)15(19)21-16(2,3)4/h12-13H,6-11H2,1-5H3. The third kappa shape index (κ3) is 5.21. The number of amides is 1. The second-order valence-corrected chi connectivity index (χ2v) is 6.65. The van der Waals surface area contributed by atoms with Crippen molar-refractivity contribution in [2.24, 2.45) is 0 Å². The van der Waals surface area contributed by atoms with Gasteiger partial charge in [0.05, 0.1) is 7.11 Å². The largest absolute Gasteiger partial charge is 0.467 e. The third-order valence-corrected chi connectivity index (χ3v) is 3.69. The fourth-order valence-corrected chi connectivity index (χ4v) is 2.83. The maximum absolute atomic E-state index is 12.6. The molecule has 0 N–H and O–H groups in total. The van der Waals surface area contributed by atoms with Gasteiger partial charge < -0.3 is 9.47 Å². The number of likely N-dealkylation sites (tertiary alicyclic amines) is 1. The van der Waals surface area contributed by atoms with E-state index >= 15 is 0 Å². The van der Waals surface area contributed by atoms with Crippen molar-refractivity contribution in [3.8, 4) is 0 Å². The van der Waals surface area contributed by atoms with Gasteiger partial charge in [-0.3, -0.25) is 4.90 Å². The number of carbonyl (C=O) groups is 2. The first-order valence-electron chi connectivity index (χ1n) is 7.89. The van der Waals surface area contributed by atoms with E-state index in [9.17, 15) is 9.59 Å². The van der Waals surface area contributed by atoms with Gasteiger partial charge >= 0.3 is 12.1 Å². The number of nitrogens with zero attached hydrogens (tertiary/aromatic N) is 1. The van der Waals surface area contributed by atoms with Gasteiger partial charge in [0.25, 0.3) is 0 Å². The van der Waals surface area contributed by atoms with E-state index in [4.69, 9.17) is 9.47 Å². The normalized spacial score (nSPS) is 23.4. The topological polar surface area (TPSA) is 55.8 Å². The van der Waals surface area contributed by atoms with Crippen LogP contribution in [0.25, 0.3) is 0 Å². The Labute approximate surface area is 128 Å². The minimum Gasteiger partial charge on any atom is -0.467 e. The van der Waals surface area contributed by atoms with Crippen molar-refractivity contribution in [3.05, 3.63) is 0 Å². The van der Waals surface area contributed by atoms with Gasteiger partial charge in [0.1, 0.15) is 11.6 Å². The van der Waals surface area contributed by atoms with Gasteiger partial charge in [-0.05, 0) is 40.0 Å². The van der Waals surface area contributed by atoms with Gasteiger partial charge in [-0.15, -0.1) is 0 Å². The quantitative estimate of drug-likeness (QED) is 0.748. The zero-order valence-electron chi connectivity index (χ0n) is 14.0. The molecule has 0 bridgehead atoms. The Morgan fingerprint density at radius 1 is 1.19 bits per heavy atom. The predicted molar refractivity (Wildman–Crippen MR) is 81.0 cm³/mol. The summed E-state index contributed by atoms with van der Waals surface area (Å²) in [7, 11) is 1.37. The van der Waals surface area contributed by atoms with E-state index < -0.39 is 17.7 Å². The SMILES string of the molecule is CCCC1CCCCC(C(=O)OC)N1C(=O)OC(C)(C)C. The lowest BCUT2D eigenvalue weighted by atomic mass is 10.1. The molecule has 2 unspecified atom stereocenters. The van der Waals surface area contributed by atoms with E-state index in [0.717, 1.165) is 32.1 Å². The summed E-state index contributed by atoms with van der Waals surface area (Å²) in [5.74, 6) is -0.344. The summed E-state index contributed by atoms with van der Waals surface area (Å²) in [4.78, 5) is 26.3. The highest BCUT2D eigenvalue weighted by Crippen LogP contribution is 2.27. The molecule has 0 spiro atoms. The van der Waals surface area contributed by atoms with Crippen molar-refractivity contribution in [2.75, 3.05) is 7.11 Å². The minimum atomic E-state index is -0.569. The van der Waals surface area contributed by atoms with Gasteiger partial charge in [0.15, 0.2) is 0 Å². The second kappa shape index (κ2) is 7.66. The van der Waals surface area contributed by atoms with Crippen LogP contribution < -0.4 is 0 Å². The molecular formula is C16H29NO4. The first-order valence-corrected chi connectivity index (χ1v) is 7.89. The first-order chi connectivity index (χ1) is 9.80. The third-order valence-electron chi connectivity index (χ3n) is 3.69. The zero-order chi connectivity index (χ0) is 16.0.